The van der Waals surface area contributed by atoms with Gasteiger partial charge in [-0.2, -0.15) is 0 Å². The summed E-state index contributed by atoms with van der Waals surface area (Å²) in [5.74, 6) is 0. The van der Waals surface area contributed by atoms with Crippen LogP contribution in [0, 0.1) is 0 Å². The van der Waals surface area contributed by atoms with Gasteiger partial charge in [0, 0.05) is 0 Å². The number of hydrogen-bond donors (Lipinski definition) is 0. The molecule has 0 saturated heterocycles. The summed E-state index contributed by atoms with van der Waals surface area (Å²) in [4.78, 5) is 20.2. The normalized spacial score (nSPS) is 11.3. The molecule has 0 unspecified atom stereocenters. The van der Waals surface area contributed by atoms with Crippen molar-refractivity contribution in [3.8, 4) is 0 Å². The Morgan fingerprint density at radius 1 is 1.20 bits per heavy atom. The van der Waals surface area contributed by atoms with Crippen LogP contribution in [-0.4, -0.2) is 48.4 Å². The summed E-state index contributed by atoms with van der Waals surface area (Å²) in [5.41, 5.74) is 0. The first-order chi connectivity index (χ1) is 3.25. The molecule has 0 aromatic rings. The largest absolute Gasteiger partial charge is 2.00 e. The molecule has 0 bridgehead atoms. The zero-order valence-corrected chi connectivity index (χ0v) is 9.48. The average Bonchev–Trinajstić information content (AvgIpc) is 1.25. The molecule has 0 fully saturated rings. The Labute approximate surface area is 90.5 Å². The molecule has 0 rings (SSSR count). The van der Waals surface area contributed by atoms with E-state index in [1.54, 1.807) is 0 Å². The third-order valence-corrected chi connectivity index (χ3v) is 2.46. The van der Waals surface area contributed by atoms with E-state index in [4.69, 9.17) is 0 Å². The van der Waals surface area contributed by atoms with Crippen LogP contribution < -0.4 is 9.79 Å². The van der Waals surface area contributed by atoms with E-state index in [2.05, 4.69) is 0 Å². The third kappa shape index (κ3) is 6.10. The van der Waals surface area contributed by atoms with E-state index in [0.717, 1.165) is 0 Å². The van der Waals surface area contributed by atoms with Gasteiger partial charge in [0.05, 0.1) is 0 Å². The predicted molar refractivity (Wildman–Crippen MR) is 36.7 cm³/mol. The minimum absolute atomic E-state index is 0. The van der Waals surface area contributed by atoms with E-state index in [0.29, 0.717) is 0 Å². The van der Waals surface area contributed by atoms with Gasteiger partial charge in [0.1, 0.15) is 0 Å². The van der Waals surface area contributed by atoms with E-state index in [1.807, 2.05) is 0 Å². The number of rotatable bonds is 0. The second-order valence-corrected chi connectivity index (χ2v) is 5.00. The Morgan fingerprint density at radius 2 is 1.30 bits per heavy atom. The van der Waals surface area contributed by atoms with E-state index in [1.165, 1.54) is 20.8 Å². The first-order valence-corrected chi connectivity index (χ1v) is 3.81. The summed E-state index contributed by atoms with van der Waals surface area (Å²) in [6.07, 6.45) is 0. The fourth-order valence-electron chi connectivity index (χ4n) is 0. The van der Waals surface area contributed by atoms with Crippen LogP contribution in [0.5, 0.6) is 0 Å². The molecule has 6 heteroatoms. The summed E-state index contributed by atoms with van der Waals surface area (Å²) in [6, 6.07) is 0. The van der Waals surface area contributed by atoms with Gasteiger partial charge in [-0.3, -0.25) is 0 Å². The Hall–Kier alpha value is 1.37. The van der Waals surface area contributed by atoms with E-state index >= 15 is 0 Å². The summed E-state index contributed by atoms with van der Waals surface area (Å²) < 4.78 is 10.1. The second kappa shape index (κ2) is 5.09. The van der Waals surface area contributed by atoms with Gasteiger partial charge in [-0.25, -0.2) is 0 Å². The Balaban J connectivity index is -0.000000245. The molecular formula is C4H11CaO4P. The summed E-state index contributed by atoms with van der Waals surface area (Å²) in [5, 5.41) is -1.12. The molecule has 0 atom stereocenters. The topological polar surface area (TPSA) is 94.7 Å². The van der Waals surface area contributed by atoms with Gasteiger partial charge in [-0.15, -0.1) is 0 Å². The van der Waals surface area contributed by atoms with Gasteiger partial charge in [0.2, 0.25) is 0 Å². The van der Waals surface area contributed by atoms with Crippen molar-refractivity contribution in [1.29, 1.82) is 0 Å². The molecule has 0 aliphatic rings. The van der Waals surface area contributed by atoms with E-state index in [-0.39, 0.29) is 43.2 Å². The Bertz CT molecular complexity index is 124. The quantitative estimate of drug-likeness (QED) is 0.346. The minimum atomic E-state index is -4.35. The van der Waals surface area contributed by atoms with Crippen molar-refractivity contribution in [2.45, 2.75) is 25.9 Å². The van der Waals surface area contributed by atoms with E-state index < -0.39 is 12.8 Å². The molecule has 0 aliphatic heterocycles. The van der Waals surface area contributed by atoms with Gasteiger partial charge in [-0.1, -0.05) is 28.4 Å². The van der Waals surface area contributed by atoms with Crippen LogP contribution in [0.3, 0.4) is 0 Å². The number of hydrogen-bond acceptors (Lipinski definition) is 3. The summed E-state index contributed by atoms with van der Waals surface area (Å²) in [7, 11) is -4.35. The zero-order valence-electron chi connectivity index (χ0n) is 6.38. The molecule has 0 saturated carbocycles. The second-order valence-electron chi connectivity index (χ2n) is 2.67. The molecule has 0 radical (unpaired) electrons. The Kier molecular flexibility index (Phi) is 8.89. The van der Waals surface area contributed by atoms with Crippen molar-refractivity contribution < 1.29 is 19.8 Å². The van der Waals surface area contributed by atoms with Gasteiger partial charge in [0.25, 0.3) is 0 Å². The summed E-state index contributed by atoms with van der Waals surface area (Å²) >= 11 is 0. The maximum Gasteiger partial charge on any atom is 2.00 e. The molecule has 2 N–H and O–H groups in total. The van der Waals surface area contributed by atoms with Crippen molar-refractivity contribution >= 4 is 45.3 Å². The van der Waals surface area contributed by atoms with Crippen molar-refractivity contribution in [3.63, 3.8) is 0 Å². The molecule has 0 spiro atoms. The van der Waals surface area contributed by atoms with Crippen molar-refractivity contribution in [2.75, 3.05) is 0 Å². The van der Waals surface area contributed by atoms with Gasteiger partial charge in [-0.05, 0) is 5.16 Å². The van der Waals surface area contributed by atoms with Crippen LogP contribution in [0.15, 0.2) is 0 Å². The molecule has 58 valence electrons. The first kappa shape index (κ1) is 17.5. The standard InChI is InChI=1S/C4H11O3P.Ca.H2O/c1-4(2,3)8(5,6)7;;/h1-3H3,(H2,5,6,7);;1H2/q;+2;/p-2. The molecular weight excluding hydrogens is 183 g/mol. The molecule has 0 heterocycles. The maximum atomic E-state index is 10.1. The van der Waals surface area contributed by atoms with Gasteiger partial charge in [0.15, 0.2) is 0 Å². The van der Waals surface area contributed by atoms with Crippen LogP contribution in [-0.2, 0) is 4.57 Å². The van der Waals surface area contributed by atoms with Gasteiger partial charge < -0.3 is 19.8 Å². The monoisotopic (exact) mass is 194 g/mol. The van der Waals surface area contributed by atoms with Crippen LogP contribution in [0.4, 0.5) is 0 Å². The van der Waals surface area contributed by atoms with Crippen molar-refractivity contribution in [2.24, 2.45) is 0 Å². The Morgan fingerprint density at radius 3 is 1.30 bits per heavy atom. The molecule has 4 nitrogen and oxygen atoms in total. The maximum absolute atomic E-state index is 10.1. The molecule has 10 heavy (non-hydrogen) atoms. The minimum Gasteiger partial charge on any atom is -0.810 e. The fourth-order valence-corrected chi connectivity index (χ4v) is 0. The average molecular weight is 194 g/mol. The molecule has 0 aromatic heterocycles. The third-order valence-electron chi connectivity index (χ3n) is 0.822. The van der Waals surface area contributed by atoms with Crippen LogP contribution >= 0.6 is 7.60 Å². The van der Waals surface area contributed by atoms with Crippen LogP contribution in [0.2, 0.25) is 0 Å². The summed E-state index contributed by atoms with van der Waals surface area (Å²) in [6.45, 7) is 4.15. The van der Waals surface area contributed by atoms with Crippen LogP contribution in [0.1, 0.15) is 20.8 Å². The van der Waals surface area contributed by atoms with Gasteiger partial charge >= 0.3 is 37.7 Å². The van der Waals surface area contributed by atoms with Crippen LogP contribution in [0.25, 0.3) is 0 Å². The fraction of sp³-hybridized carbons (Fsp3) is 1.00. The van der Waals surface area contributed by atoms with Crippen molar-refractivity contribution in [3.05, 3.63) is 0 Å². The molecule has 0 aromatic carbocycles. The molecule has 0 amide bonds. The molecule has 0 aliphatic carbocycles. The first-order valence-electron chi connectivity index (χ1n) is 2.27. The SMILES string of the molecule is CC(C)(C)P(=O)([O-])[O-].O.[Ca+2]. The predicted octanol–water partition coefficient (Wildman–Crippen LogP) is -1.51. The van der Waals surface area contributed by atoms with E-state index in [9.17, 15) is 14.4 Å². The smallest absolute Gasteiger partial charge is 0.810 e. The van der Waals surface area contributed by atoms with Crippen molar-refractivity contribution in [1.82, 2.24) is 0 Å². The zero-order chi connectivity index (χ0) is 7.00.